The number of aromatic nitrogens is 2. The Morgan fingerprint density at radius 1 is 1.06 bits per heavy atom. The maximum absolute atomic E-state index is 13.4. The number of rotatable bonds is 7. The van der Waals surface area contributed by atoms with Gasteiger partial charge in [0.2, 0.25) is 11.0 Å². The summed E-state index contributed by atoms with van der Waals surface area (Å²) in [6.45, 7) is 1.35. The van der Waals surface area contributed by atoms with Gasteiger partial charge in [-0.25, -0.2) is 12.8 Å². The lowest BCUT2D eigenvalue weighted by Gasteiger charge is -2.14. The highest BCUT2D eigenvalue weighted by Crippen LogP contribution is 2.28. The van der Waals surface area contributed by atoms with Crippen LogP contribution >= 0.6 is 0 Å². The predicted octanol–water partition coefficient (Wildman–Crippen LogP) is 4.03. The summed E-state index contributed by atoms with van der Waals surface area (Å²) >= 11 is 0. The average Bonchev–Trinajstić information content (AvgIpc) is 3.26. The number of carbonyl (C=O) groups is 1. The fourth-order valence-electron chi connectivity index (χ4n) is 3.29. The van der Waals surface area contributed by atoms with Crippen molar-refractivity contribution in [1.82, 2.24) is 20.2 Å². The van der Waals surface area contributed by atoms with Crippen LogP contribution in [0.3, 0.4) is 0 Å². The molecule has 0 radical (unpaired) electrons. The Morgan fingerprint density at radius 2 is 1.83 bits per heavy atom. The standard InChI is InChI=1S/C23H18F4N4O4S/c1-13(31-36(33,34)21-11-16-10-17(24)5-7-19(16)35-21)22(32)28-12-14-3-2-4-15(9-14)18-6-8-20(30-29-18)23(25,26)27/h2-11,13,31H,12H2,1H3,(H,28,32)/t13-/m0/s1. The molecule has 2 aromatic heterocycles. The molecule has 2 heterocycles. The van der Waals surface area contributed by atoms with Crippen molar-refractivity contribution >= 4 is 26.9 Å². The normalized spacial score (nSPS) is 13.0. The fourth-order valence-corrected chi connectivity index (χ4v) is 4.46. The van der Waals surface area contributed by atoms with E-state index in [1.807, 2.05) is 0 Å². The maximum Gasteiger partial charge on any atom is 0.435 e. The first-order valence-corrected chi connectivity index (χ1v) is 11.9. The van der Waals surface area contributed by atoms with Crippen LogP contribution in [0.5, 0.6) is 0 Å². The number of nitrogens with one attached hydrogen (secondary N) is 2. The molecule has 2 N–H and O–H groups in total. The Hall–Kier alpha value is -3.84. The van der Waals surface area contributed by atoms with Crippen molar-refractivity contribution in [2.75, 3.05) is 0 Å². The van der Waals surface area contributed by atoms with Crippen molar-refractivity contribution in [3.63, 3.8) is 0 Å². The lowest BCUT2D eigenvalue weighted by molar-refractivity contribution is -0.141. The molecular formula is C23H18F4N4O4S. The van der Waals surface area contributed by atoms with Crippen LogP contribution in [-0.2, 0) is 27.5 Å². The van der Waals surface area contributed by atoms with Crippen LogP contribution in [0.4, 0.5) is 17.6 Å². The highest BCUT2D eigenvalue weighted by Gasteiger charge is 2.33. The molecule has 1 atom stereocenters. The summed E-state index contributed by atoms with van der Waals surface area (Å²) in [5.41, 5.74) is 0.352. The molecule has 188 valence electrons. The van der Waals surface area contributed by atoms with Gasteiger partial charge < -0.3 is 9.73 Å². The summed E-state index contributed by atoms with van der Waals surface area (Å²) in [7, 11) is -4.21. The predicted molar refractivity (Wildman–Crippen MR) is 120 cm³/mol. The number of nitrogens with zero attached hydrogens (tertiary/aromatic N) is 2. The van der Waals surface area contributed by atoms with E-state index in [-0.39, 0.29) is 23.2 Å². The number of furan rings is 1. The van der Waals surface area contributed by atoms with Gasteiger partial charge in [0.15, 0.2) is 5.69 Å². The van der Waals surface area contributed by atoms with E-state index in [9.17, 15) is 30.8 Å². The monoisotopic (exact) mass is 522 g/mol. The molecule has 13 heteroatoms. The van der Waals surface area contributed by atoms with Crippen molar-refractivity contribution in [1.29, 1.82) is 0 Å². The second kappa shape index (κ2) is 9.66. The highest BCUT2D eigenvalue weighted by atomic mass is 32.2. The summed E-state index contributed by atoms with van der Waals surface area (Å²) in [5, 5.41) is 9.17. The Morgan fingerprint density at radius 3 is 2.53 bits per heavy atom. The second-order valence-corrected chi connectivity index (χ2v) is 9.46. The molecule has 4 rings (SSSR count). The third kappa shape index (κ3) is 5.69. The molecule has 0 saturated carbocycles. The molecule has 0 fully saturated rings. The van der Waals surface area contributed by atoms with E-state index < -0.39 is 44.8 Å². The molecule has 0 aliphatic heterocycles. The maximum atomic E-state index is 13.4. The number of hydrogen-bond acceptors (Lipinski definition) is 6. The number of fused-ring (bicyclic) bond motifs is 1. The number of alkyl halides is 3. The van der Waals surface area contributed by atoms with Gasteiger partial charge in [-0.1, -0.05) is 18.2 Å². The zero-order valence-corrected chi connectivity index (χ0v) is 19.3. The summed E-state index contributed by atoms with van der Waals surface area (Å²) in [4.78, 5) is 12.5. The van der Waals surface area contributed by atoms with Gasteiger partial charge in [-0.05, 0) is 48.9 Å². The van der Waals surface area contributed by atoms with Crippen LogP contribution in [0, 0.1) is 5.82 Å². The van der Waals surface area contributed by atoms with E-state index in [0.717, 1.165) is 24.3 Å². The quantitative estimate of drug-likeness (QED) is 0.354. The molecule has 1 amide bonds. The van der Waals surface area contributed by atoms with Gasteiger partial charge in [0.25, 0.3) is 10.0 Å². The van der Waals surface area contributed by atoms with Crippen molar-refractivity contribution in [3.05, 3.63) is 77.7 Å². The first-order chi connectivity index (χ1) is 16.9. The van der Waals surface area contributed by atoms with E-state index in [1.54, 1.807) is 24.3 Å². The Balaban J connectivity index is 1.39. The SMILES string of the molecule is C[C@H](NS(=O)(=O)c1cc2cc(F)ccc2o1)C(=O)NCc1cccc(-c2ccc(C(F)(F)F)nn2)c1. The summed E-state index contributed by atoms with van der Waals surface area (Å²) in [5.74, 6) is -1.19. The number of amides is 1. The van der Waals surface area contributed by atoms with Gasteiger partial charge in [-0.3, -0.25) is 4.79 Å². The second-order valence-electron chi connectivity index (χ2n) is 7.81. The third-order valence-corrected chi connectivity index (χ3v) is 6.49. The number of hydrogen-bond donors (Lipinski definition) is 2. The molecule has 2 aromatic carbocycles. The minimum Gasteiger partial charge on any atom is -0.443 e. The third-order valence-electron chi connectivity index (χ3n) is 5.09. The first kappa shape index (κ1) is 25.3. The molecule has 8 nitrogen and oxygen atoms in total. The van der Waals surface area contributed by atoms with E-state index >= 15 is 0 Å². The van der Waals surface area contributed by atoms with E-state index in [1.165, 1.54) is 19.1 Å². The molecule has 36 heavy (non-hydrogen) atoms. The average molecular weight is 522 g/mol. The van der Waals surface area contributed by atoms with Crippen molar-refractivity contribution < 1.29 is 35.2 Å². The molecule has 0 unspecified atom stereocenters. The molecule has 4 aromatic rings. The van der Waals surface area contributed by atoms with E-state index in [0.29, 0.717) is 11.1 Å². The molecule has 0 spiro atoms. The highest BCUT2D eigenvalue weighted by molar-refractivity contribution is 7.89. The van der Waals surface area contributed by atoms with Gasteiger partial charge in [0.05, 0.1) is 11.7 Å². The Bertz CT molecular complexity index is 1520. The van der Waals surface area contributed by atoms with Crippen molar-refractivity contribution in [3.8, 4) is 11.3 Å². The number of sulfonamides is 1. The molecule has 0 saturated heterocycles. The lowest BCUT2D eigenvalue weighted by atomic mass is 10.1. The van der Waals surface area contributed by atoms with Crippen LogP contribution in [0.1, 0.15) is 18.2 Å². The van der Waals surface area contributed by atoms with Crippen LogP contribution in [0.25, 0.3) is 22.2 Å². The van der Waals surface area contributed by atoms with Gasteiger partial charge in [0, 0.05) is 23.6 Å². The van der Waals surface area contributed by atoms with Gasteiger partial charge in [0.1, 0.15) is 11.4 Å². The van der Waals surface area contributed by atoms with Crippen molar-refractivity contribution in [2.24, 2.45) is 0 Å². The minimum absolute atomic E-state index is 0.0106. The van der Waals surface area contributed by atoms with Crippen LogP contribution in [0.2, 0.25) is 0 Å². The topological polar surface area (TPSA) is 114 Å². The smallest absolute Gasteiger partial charge is 0.435 e. The lowest BCUT2D eigenvalue weighted by Crippen LogP contribution is -2.44. The van der Waals surface area contributed by atoms with Crippen LogP contribution in [0.15, 0.2) is 70.2 Å². The van der Waals surface area contributed by atoms with Gasteiger partial charge in [-0.15, -0.1) is 10.2 Å². The Kier molecular flexibility index (Phi) is 6.78. The molecule has 0 aliphatic rings. The largest absolute Gasteiger partial charge is 0.443 e. The van der Waals surface area contributed by atoms with Crippen molar-refractivity contribution in [2.45, 2.75) is 30.8 Å². The zero-order valence-electron chi connectivity index (χ0n) is 18.5. The number of benzene rings is 2. The van der Waals surface area contributed by atoms with E-state index in [2.05, 4.69) is 20.2 Å². The summed E-state index contributed by atoms with van der Waals surface area (Å²) in [6.07, 6.45) is -4.60. The summed E-state index contributed by atoms with van der Waals surface area (Å²) < 4.78 is 84.1. The number of carbonyl (C=O) groups excluding carboxylic acids is 1. The van der Waals surface area contributed by atoms with E-state index in [4.69, 9.17) is 4.42 Å². The van der Waals surface area contributed by atoms with Gasteiger partial charge >= 0.3 is 6.18 Å². The van der Waals surface area contributed by atoms with Gasteiger partial charge in [-0.2, -0.15) is 17.9 Å². The zero-order chi connectivity index (χ0) is 26.1. The fraction of sp³-hybridized carbons (Fsp3) is 0.174. The minimum atomic E-state index is -4.60. The summed E-state index contributed by atoms with van der Waals surface area (Å²) in [6, 6.07) is 12.1. The molecular weight excluding hydrogens is 504 g/mol. The molecule has 0 bridgehead atoms. The Labute approximate surface area is 202 Å². The number of halogens is 4. The van der Waals surface area contributed by atoms with Crippen LogP contribution < -0.4 is 10.0 Å². The van der Waals surface area contributed by atoms with Crippen LogP contribution in [-0.4, -0.2) is 30.6 Å². The molecule has 0 aliphatic carbocycles. The first-order valence-electron chi connectivity index (χ1n) is 10.4.